The van der Waals surface area contributed by atoms with Gasteiger partial charge in [0.05, 0.1) is 13.2 Å². The van der Waals surface area contributed by atoms with E-state index in [1.807, 2.05) is 0 Å². The number of sulfonamides is 1. The number of amides is 1. The number of halogens is 3. The molecule has 2 aromatic carbocycles. The highest BCUT2D eigenvalue weighted by Gasteiger charge is 2.28. The maximum Gasteiger partial charge on any atom is 0.255 e. The molecule has 3 N–H and O–H groups in total. The molecule has 1 atom stereocenters. The van der Waals surface area contributed by atoms with Crippen molar-refractivity contribution < 1.29 is 36.2 Å². The molecule has 1 aliphatic rings. The molecule has 0 radical (unpaired) electrons. The van der Waals surface area contributed by atoms with E-state index in [0.29, 0.717) is 12.1 Å². The topological polar surface area (TPSA) is 105 Å². The summed E-state index contributed by atoms with van der Waals surface area (Å²) < 4.78 is 71.6. The Hall–Kier alpha value is -2.63. The van der Waals surface area contributed by atoms with Gasteiger partial charge in [-0.25, -0.2) is 26.3 Å². The molecule has 1 amide bonds. The lowest BCUT2D eigenvalue weighted by Gasteiger charge is -2.13. The third-order valence-corrected chi connectivity index (χ3v) is 5.18. The molecule has 0 fully saturated rings. The van der Waals surface area contributed by atoms with Gasteiger partial charge in [-0.15, -0.1) is 0 Å². The van der Waals surface area contributed by atoms with Gasteiger partial charge in [0.2, 0.25) is 10.0 Å². The molecule has 0 bridgehead atoms. The van der Waals surface area contributed by atoms with E-state index >= 15 is 0 Å². The number of nitrogens with one attached hydrogen (secondary N) is 2. The molecule has 0 aliphatic carbocycles. The normalized spacial score (nSPS) is 18.1. The lowest BCUT2D eigenvalue weighted by Crippen LogP contribution is -2.34. The fourth-order valence-corrected chi connectivity index (χ4v) is 3.62. The minimum Gasteiger partial charge on any atom is -0.485 e. The maximum absolute atomic E-state index is 13.2. The van der Waals surface area contributed by atoms with Crippen molar-refractivity contribution in [2.45, 2.75) is 11.0 Å². The number of carbonyl (C=O) groups excluding carboxylic acids is 1. The van der Waals surface area contributed by atoms with Crippen LogP contribution in [0.1, 0.15) is 10.4 Å². The molecule has 0 spiro atoms. The average Bonchev–Trinajstić information content (AvgIpc) is 2.75. The van der Waals surface area contributed by atoms with Crippen molar-refractivity contribution in [3.63, 3.8) is 0 Å². The first-order chi connectivity index (χ1) is 12.7. The maximum atomic E-state index is 13.2. The molecule has 27 heavy (non-hydrogen) atoms. The van der Waals surface area contributed by atoms with Crippen molar-refractivity contribution in [3.8, 4) is 5.75 Å². The Morgan fingerprint density at radius 3 is 2.52 bits per heavy atom. The zero-order valence-corrected chi connectivity index (χ0v) is 14.3. The van der Waals surface area contributed by atoms with Crippen LogP contribution >= 0.6 is 0 Å². The van der Waals surface area contributed by atoms with Crippen LogP contribution in [0.15, 0.2) is 35.2 Å². The van der Waals surface area contributed by atoms with Gasteiger partial charge in [0.1, 0.15) is 16.7 Å². The number of aliphatic hydroxyl groups is 1. The van der Waals surface area contributed by atoms with Crippen molar-refractivity contribution in [3.05, 3.63) is 53.3 Å². The predicted octanol–water partition coefficient (Wildman–Crippen LogP) is 1.39. The highest BCUT2D eigenvalue weighted by Crippen LogP contribution is 2.28. The Labute approximate surface area is 151 Å². The number of fused-ring (bicyclic) bond motifs is 1. The van der Waals surface area contributed by atoms with Crippen LogP contribution in [-0.2, 0) is 10.0 Å². The first kappa shape index (κ1) is 19.1. The second-order valence-corrected chi connectivity index (χ2v) is 7.38. The van der Waals surface area contributed by atoms with Crippen LogP contribution in [-0.4, -0.2) is 38.7 Å². The summed E-state index contributed by atoms with van der Waals surface area (Å²) in [4.78, 5) is 11.9. The average molecular weight is 402 g/mol. The Bertz CT molecular complexity index is 990. The fraction of sp³-hybridized carbons (Fsp3) is 0.188. The van der Waals surface area contributed by atoms with Crippen LogP contribution in [0.5, 0.6) is 5.75 Å². The summed E-state index contributed by atoms with van der Waals surface area (Å²) in [6, 6.07) is 4.66. The predicted molar refractivity (Wildman–Crippen MR) is 87.4 cm³/mol. The molecule has 1 heterocycles. The number of aliphatic hydroxyl groups excluding tert-OH is 1. The van der Waals surface area contributed by atoms with Gasteiger partial charge < -0.3 is 15.2 Å². The molecule has 144 valence electrons. The van der Waals surface area contributed by atoms with Gasteiger partial charge in [0.15, 0.2) is 17.5 Å². The molecule has 0 aromatic heterocycles. The number of anilines is 1. The number of hydrogen-bond acceptors (Lipinski definition) is 5. The monoisotopic (exact) mass is 402 g/mol. The zero-order chi connectivity index (χ0) is 19.8. The van der Waals surface area contributed by atoms with Crippen molar-refractivity contribution in [1.29, 1.82) is 0 Å². The Morgan fingerprint density at radius 2 is 1.89 bits per heavy atom. The van der Waals surface area contributed by atoms with E-state index in [1.54, 1.807) is 0 Å². The van der Waals surface area contributed by atoms with E-state index in [2.05, 4.69) is 10.0 Å². The second kappa shape index (κ2) is 7.18. The smallest absolute Gasteiger partial charge is 0.255 e. The minimum absolute atomic E-state index is 0.0607. The Morgan fingerprint density at radius 1 is 1.22 bits per heavy atom. The SMILES string of the molecule is O=C(Nc1cc(F)c(F)c(F)c1)c1ccc2c(c1)S(=O)(=O)NCC(CO)O2. The van der Waals surface area contributed by atoms with Crippen LogP contribution < -0.4 is 14.8 Å². The van der Waals surface area contributed by atoms with Crippen molar-refractivity contribution in [1.82, 2.24) is 4.72 Å². The van der Waals surface area contributed by atoms with E-state index in [9.17, 15) is 31.5 Å². The highest BCUT2D eigenvalue weighted by molar-refractivity contribution is 7.89. The van der Waals surface area contributed by atoms with E-state index in [-0.39, 0.29) is 28.4 Å². The lowest BCUT2D eigenvalue weighted by atomic mass is 10.2. The molecule has 0 saturated heterocycles. The highest BCUT2D eigenvalue weighted by atomic mass is 32.2. The number of carbonyl (C=O) groups is 1. The molecule has 7 nitrogen and oxygen atoms in total. The third-order valence-electron chi connectivity index (χ3n) is 3.74. The third kappa shape index (κ3) is 3.89. The van der Waals surface area contributed by atoms with Gasteiger partial charge in [-0.2, -0.15) is 0 Å². The van der Waals surface area contributed by atoms with Gasteiger partial charge in [0, 0.05) is 23.4 Å². The molecule has 11 heteroatoms. The lowest BCUT2D eigenvalue weighted by molar-refractivity contribution is 0.102. The minimum atomic E-state index is -4.01. The van der Waals surface area contributed by atoms with Crippen LogP contribution in [0.2, 0.25) is 0 Å². The number of benzene rings is 2. The zero-order valence-electron chi connectivity index (χ0n) is 13.5. The number of hydrogen-bond donors (Lipinski definition) is 3. The molecule has 3 rings (SSSR count). The van der Waals surface area contributed by atoms with Gasteiger partial charge >= 0.3 is 0 Å². The molecule has 1 unspecified atom stereocenters. The van der Waals surface area contributed by atoms with Gasteiger partial charge in [-0.1, -0.05) is 0 Å². The molecular weight excluding hydrogens is 389 g/mol. The molecule has 2 aromatic rings. The van der Waals surface area contributed by atoms with E-state index in [1.165, 1.54) is 12.1 Å². The van der Waals surface area contributed by atoms with Crippen molar-refractivity contribution >= 4 is 21.6 Å². The fourth-order valence-electron chi connectivity index (χ4n) is 2.39. The largest absolute Gasteiger partial charge is 0.485 e. The summed E-state index contributed by atoms with van der Waals surface area (Å²) >= 11 is 0. The van der Waals surface area contributed by atoms with Crippen LogP contribution in [0.25, 0.3) is 0 Å². The summed E-state index contributed by atoms with van der Waals surface area (Å²) in [5.41, 5.74) is -0.487. The second-order valence-electron chi connectivity index (χ2n) is 5.64. The Kier molecular flexibility index (Phi) is 5.09. The summed E-state index contributed by atoms with van der Waals surface area (Å²) in [6.45, 7) is -0.588. The summed E-state index contributed by atoms with van der Waals surface area (Å²) in [5, 5.41) is 11.3. The standard InChI is InChI=1S/C16H13F3N2O5S/c17-11-4-9(5-12(18)15(11)19)21-16(23)8-1-2-13-14(3-8)27(24,25)20-6-10(7-22)26-13/h1-5,10,20,22H,6-7H2,(H,21,23). The van der Waals surface area contributed by atoms with Crippen molar-refractivity contribution in [2.24, 2.45) is 0 Å². The quantitative estimate of drug-likeness (QED) is 0.673. The molecule has 0 saturated carbocycles. The van der Waals surface area contributed by atoms with Gasteiger partial charge in [-0.3, -0.25) is 4.79 Å². The van der Waals surface area contributed by atoms with E-state index in [0.717, 1.165) is 6.07 Å². The summed E-state index contributed by atoms with van der Waals surface area (Å²) in [6.07, 6.45) is -0.800. The van der Waals surface area contributed by atoms with Gasteiger partial charge in [-0.05, 0) is 18.2 Å². The first-order valence-corrected chi connectivity index (χ1v) is 9.06. The van der Waals surface area contributed by atoms with Gasteiger partial charge in [0.25, 0.3) is 5.91 Å². The van der Waals surface area contributed by atoms with E-state index in [4.69, 9.17) is 4.74 Å². The van der Waals surface area contributed by atoms with Crippen LogP contribution in [0.3, 0.4) is 0 Å². The Balaban J connectivity index is 1.92. The number of ether oxygens (including phenoxy) is 1. The van der Waals surface area contributed by atoms with Crippen molar-refractivity contribution in [2.75, 3.05) is 18.5 Å². The van der Waals surface area contributed by atoms with Crippen LogP contribution in [0, 0.1) is 17.5 Å². The van der Waals surface area contributed by atoms with E-state index < -0.39 is 46.1 Å². The number of rotatable bonds is 3. The summed E-state index contributed by atoms with van der Waals surface area (Å²) in [5.74, 6) is -5.58. The molecular formula is C16H13F3N2O5S. The summed E-state index contributed by atoms with van der Waals surface area (Å²) in [7, 11) is -4.01. The van der Waals surface area contributed by atoms with Crippen LogP contribution in [0.4, 0.5) is 18.9 Å². The molecule has 1 aliphatic heterocycles. The first-order valence-electron chi connectivity index (χ1n) is 7.58.